The molecular formula is C14H18N4O3. The fourth-order valence-corrected chi connectivity index (χ4v) is 1.94. The third-order valence-electron chi connectivity index (χ3n) is 3.02. The number of rotatable bonds is 6. The Morgan fingerprint density at radius 1 is 1.38 bits per heavy atom. The van der Waals surface area contributed by atoms with Crippen LogP contribution in [-0.2, 0) is 4.79 Å². The molecular weight excluding hydrogens is 272 g/mol. The number of urea groups is 1. The highest BCUT2D eigenvalue weighted by Gasteiger charge is 2.13. The molecule has 1 aromatic carbocycles. The fraction of sp³-hybridized carbons (Fsp3) is 0.357. The number of carbonyl (C=O) groups excluding carboxylic acids is 1. The van der Waals surface area contributed by atoms with Gasteiger partial charge in [0.1, 0.15) is 5.82 Å². The van der Waals surface area contributed by atoms with Crippen molar-refractivity contribution < 1.29 is 14.7 Å². The van der Waals surface area contributed by atoms with Crippen LogP contribution in [-0.4, -0.2) is 33.6 Å². The first-order valence-corrected chi connectivity index (χ1v) is 6.77. The predicted octanol–water partition coefficient (Wildman–Crippen LogP) is 1.79. The van der Waals surface area contributed by atoms with Crippen LogP contribution >= 0.6 is 0 Å². The van der Waals surface area contributed by atoms with Crippen molar-refractivity contribution >= 4 is 23.0 Å². The first-order chi connectivity index (χ1) is 10.1. The molecule has 0 aliphatic carbocycles. The summed E-state index contributed by atoms with van der Waals surface area (Å²) in [5.41, 5.74) is 1.77. The Kier molecular flexibility index (Phi) is 4.76. The standard InChI is InChI=1S/C14H18N4O3/c1-9(16-14(21)15-8-4-7-12(19)20)13-17-10-5-2-3-6-11(10)18-13/h2-3,5-6,9H,4,7-8H2,1H3,(H,17,18)(H,19,20)(H2,15,16,21). The molecule has 0 saturated heterocycles. The van der Waals surface area contributed by atoms with Crippen LogP contribution in [0, 0.1) is 0 Å². The molecule has 1 aromatic heterocycles. The molecule has 0 aliphatic rings. The third-order valence-corrected chi connectivity index (χ3v) is 3.02. The molecule has 2 aromatic rings. The van der Waals surface area contributed by atoms with Gasteiger partial charge in [0, 0.05) is 13.0 Å². The van der Waals surface area contributed by atoms with Crippen LogP contribution in [0.15, 0.2) is 24.3 Å². The lowest BCUT2D eigenvalue weighted by Crippen LogP contribution is -2.37. The molecule has 0 radical (unpaired) electrons. The minimum Gasteiger partial charge on any atom is -0.481 e. The topological polar surface area (TPSA) is 107 Å². The Morgan fingerprint density at radius 3 is 2.86 bits per heavy atom. The molecule has 7 nitrogen and oxygen atoms in total. The Morgan fingerprint density at radius 2 is 2.14 bits per heavy atom. The zero-order valence-corrected chi connectivity index (χ0v) is 11.7. The molecule has 1 unspecified atom stereocenters. The zero-order chi connectivity index (χ0) is 15.2. The number of benzene rings is 1. The predicted molar refractivity (Wildman–Crippen MR) is 77.9 cm³/mol. The Balaban J connectivity index is 1.84. The second-order valence-electron chi connectivity index (χ2n) is 4.76. The van der Waals surface area contributed by atoms with E-state index in [-0.39, 0.29) is 18.5 Å². The molecule has 0 aliphatic heterocycles. The summed E-state index contributed by atoms with van der Waals surface area (Å²) in [6, 6.07) is 7.03. The van der Waals surface area contributed by atoms with Gasteiger partial charge in [0.15, 0.2) is 0 Å². The summed E-state index contributed by atoms with van der Waals surface area (Å²) in [6.07, 6.45) is 0.446. The van der Waals surface area contributed by atoms with Gasteiger partial charge in [-0.2, -0.15) is 0 Å². The average Bonchev–Trinajstić information content (AvgIpc) is 2.87. The summed E-state index contributed by atoms with van der Waals surface area (Å²) in [5.74, 6) is -0.190. The number of nitrogens with zero attached hydrogens (tertiary/aromatic N) is 1. The van der Waals surface area contributed by atoms with Crippen LogP contribution in [0.25, 0.3) is 11.0 Å². The maximum atomic E-state index is 11.7. The third kappa shape index (κ3) is 4.20. The van der Waals surface area contributed by atoms with Crippen LogP contribution in [0.5, 0.6) is 0 Å². The molecule has 0 saturated carbocycles. The zero-order valence-electron chi connectivity index (χ0n) is 11.7. The van der Waals surface area contributed by atoms with E-state index in [1.807, 2.05) is 31.2 Å². The lowest BCUT2D eigenvalue weighted by Gasteiger charge is -2.12. The van der Waals surface area contributed by atoms with Crippen molar-refractivity contribution in [1.29, 1.82) is 0 Å². The van der Waals surface area contributed by atoms with Crippen molar-refractivity contribution in [3.8, 4) is 0 Å². The normalized spacial score (nSPS) is 12.0. The quantitative estimate of drug-likeness (QED) is 0.608. The number of hydrogen-bond donors (Lipinski definition) is 4. The number of imidazole rings is 1. The fourth-order valence-electron chi connectivity index (χ4n) is 1.94. The van der Waals surface area contributed by atoms with E-state index in [1.54, 1.807) is 0 Å². The molecule has 4 N–H and O–H groups in total. The van der Waals surface area contributed by atoms with Gasteiger partial charge in [0.2, 0.25) is 0 Å². The van der Waals surface area contributed by atoms with E-state index in [1.165, 1.54) is 0 Å². The first kappa shape index (κ1) is 14.8. The van der Waals surface area contributed by atoms with Gasteiger partial charge in [-0.05, 0) is 25.5 Å². The Bertz CT molecular complexity index is 605. The lowest BCUT2D eigenvalue weighted by atomic mass is 10.3. The number of aromatic nitrogens is 2. The molecule has 2 rings (SSSR count). The average molecular weight is 290 g/mol. The van der Waals surface area contributed by atoms with Crippen LogP contribution < -0.4 is 10.6 Å². The van der Waals surface area contributed by atoms with Crippen molar-refractivity contribution in [2.45, 2.75) is 25.8 Å². The van der Waals surface area contributed by atoms with E-state index < -0.39 is 5.97 Å². The lowest BCUT2D eigenvalue weighted by molar-refractivity contribution is -0.137. The number of aromatic amines is 1. The van der Waals surface area contributed by atoms with Gasteiger partial charge >= 0.3 is 12.0 Å². The highest BCUT2D eigenvalue weighted by atomic mass is 16.4. The van der Waals surface area contributed by atoms with E-state index in [0.29, 0.717) is 18.8 Å². The van der Waals surface area contributed by atoms with Gasteiger partial charge < -0.3 is 20.7 Å². The number of aliphatic carboxylic acids is 1. The number of para-hydroxylation sites is 2. The van der Waals surface area contributed by atoms with Gasteiger partial charge in [-0.3, -0.25) is 4.79 Å². The number of hydrogen-bond acceptors (Lipinski definition) is 3. The highest BCUT2D eigenvalue weighted by molar-refractivity contribution is 5.76. The SMILES string of the molecule is CC(NC(=O)NCCCC(=O)O)c1nc2ccccc2[nH]1. The van der Waals surface area contributed by atoms with E-state index in [2.05, 4.69) is 20.6 Å². The number of carboxylic acids is 1. The van der Waals surface area contributed by atoms with E-state index >= 15 is 0 Å². The number of H-pyrrole nitrogens is 1. The Hall–Kier alpha value is -2.57. The van der Waals surface area contributed by atoms with Crippen molar-refractivity contribution in [1.82, 2.24) is 20.6 Å². The molecule has 2 amide bonds. The summed E-state index contributed by atoms with van der Waals surface area (Å²) in [6.45, 7) is 2.15. The molecule has 21 heavy (non-hydrogen) atoms. The minimum absolute atomic E-state index is 0.0411. The number of amides is 2. The van der Waals surface area contributed by atoms with Gasteiger partial charge in [0.05, 0.1) is 17.1 Å². The molecule has 7 heteroatoms. The molecule has 0 fully saturated rings. The van der Waals surface area contributed by atoms with Crippen molar-refractivity contribution in [2.24, 2.45) is 0 Å². The van der Waals surface area contributed by atoms with E-state index in [4.69, 9.17) is 5.11 Å². The summed E-state index contributed by atoms with van der Waals surface area (Å²) in [4.78, 5) is 29.6. The summed E-state index contributed by atoms with van der Waals surface area (Å²) >= 11 is 0. The monoisotopic (exact) mass is 290 g/mol. The first-order valence-electron chi connectivity index (χ1n) is 6.77. The van der Waals surface area contributed by atoms with Crippen LogP contribution in [0.3, 0.4) is 0 Å². The molecule has 0 bridgehead atoms. The van der Waals surface area contributed by atoms with Crippen molar-refractivity contribution in [2.75, 3.05) is 6.54 Å². The van der Waals surface area contributed by atoms with Crippen LogP contribution in [0.4, 0.5) is 4.79 Å². The van der Waals surface area contributed by atoms with Gasteiger partial charge in [-0.1, -0.05) is 12.1 Å². The van der Waals surface area contributed by atoms with Crippen molar-refractivity contribution in [3.05, 3.63) is 30.1 Å². The van der Waals surface area contributed by atoms with E-state index in [0.717, 1.165) is 11.0 Å². The minimum atomic E-state index is -0.868. The maximum absolute atomic E-state index is 11.7. The summed E-state index contributed by atoms with van der Waals surface area (Å²) < 4.78 is 0. The molecule has 1 atom stereocenters. The Labute approximate surface area is 121 Å². The number of nitrogens with one attached hydrogen (secondary N) is 3. The highest BCUT2D eigenvalue weighted by Crippen LogP contribution is 2.15. The van der Waals surface area contributed by atoms with Gasteiger partial charge in [-0.25, -0.2) is 9.78 Å². The molecule has 112 valence electrons. The van der Waals surface area contributed by atoms with Gasteiger partial charge in [0.25, 0.3) is 0 Å². The van der Waals surface area contributed by atoms with Gasteiger partial charge in [-0.15, -0.1) is 0 Å². The van der Waals surface area contributed by atoms with Crippen LogP contribution in [0.1, 0.15) is 31.6 Å². The van der Waals surface area contributed by atoms with Crippen LogP contribution in [0.2, 0.25) is 0 Å². The second-order valence-corrected chi connectivity index (χ2v) is 4.76. The number of carboxylic acid groups (broad SMARTS) is 1. The second kappa shape index (κ2) is 6.74. The molecule has 0 spiro atoms. The summed E-state index contributed by atoms with van der Waals surface area (Å²) in [5, 5.41) is 13.9. The van der Waals surface area contributed by atoms with Crippen molar-refractivity contribution in [3.63, 3.8) is 0 Å². The number of fused-ring (bicyclic) bond motifs is 1. The summed E-state index contributed by atoms with van der Waals surface area (Å²) in [7, 11) is 0. The maximum Gasteiger partial charge on any atom is 0.315 e. The largest absolute Gasteiger partial charge is 0.481 e. The smallest absolute Gasteiger partial charge is 0.315 e. The molecule has 1 heterocycles. The number of carbonyl (C=O) groups is 2. The van der Waals surface area contributed by atoms with E-state index in [9.17, 15) is 9.59 Å².